The van der Waals surface area contributed by atoms with Crippen molar-refractivity contribution in [2.24, 2.45) is 0 Å². The summed E-state index contributed by atoms with van der Waals surface area (Å²) >= 11 is 0. The number of amides is 1. The van der Waals surface area contributed by atoms with Crippen LogP contribution in [0.4, 0.5) is 4.39 Å². The third-order valence-electron chi connectivity index (χ3n) is 4.20. The van der Waals surface area contributed by atoms with Crippen molar-refractivity contribution in [2.75, 3.05) is 14.2 Å². The van der Waals surface area contributed by atoms with Crippen molar-refractivity contribution in [1.29, 1.82) is 0 Å². The first-order chi connectivity index (χ1) is 12.0. The predicted molar refractivity (Wildman–Crippen MR) is 95.6 cm³/mol. The van der Waals surface area contributed by atoms with Gasteiger partial charge in [0.25, 0.3) is 0 Å². The maximum atomic E-state index is 13.6. The topological polar surface area (TPSA) is 47.6 Å². The molecular weight excluding hydrogens is 321 g/mol. The zero-order valence-electron chi connectivity index (χ0n) is 15.1. The lowest BCUT2D eigenvalue weighted by atomic mass is 10.0. The molecule has 1 N–H and O–H groups in total. The Hall–Kier alpha value is -2.56. The number of carbonyl (C=O) groups is 1. The van der Waals surface area contributed by atoms with Crippen molar-refractivity contribution >= 4 is 5.91 Å². The first-order valence-electron chi connectivity index (χ1n) is 8.21. The molecule has 1 amide bonds. The van der Waals surface area contributed by atoms with Crippen LogP contribution >= 0.6 is 0 Å². The smallest absolute Gasteiger partial charge is 0.220 e. The summed E-state index contributed by atoms with van der Waals surface area (Å²) < 4.78 is 24.2. The Morgan fingerprint density at radius 2 is 1.80 bits per heavy atom. The Bertz CT molecular complexity index is 746. The van der Waals surface area contributed by atoms with Gasteiger partial charge < -0.3 is 14.8 Å². The van der Waals surface area contributed by atoms with Crippen molar-refractivity contribution < 1.29 is 18.7 Å². The number of aryl methyl sites for hydroxylation is 2. The SMILES string of the molecule is COc1cc(C)c(C(C)NC(=O)CCc2ccccc2F)cc1OC. The Balaban J connectivity index is 2.02. The molecule has 0 aliphatic heterocycles. The highest BCUT2D eigenvalue weighted by atomic mass is 19.1. The Morgan fingerprint density at radius 1 is 1.16 bits per heavy atom. The Labute approximate surface area is 148 Å². The van der Waals surface area contributed by atoms with Gasteiger partial charge in [0.15, 0.2) is 11.5 Å². The minimum absolute atomic E-state index is 0.120. The molecule has 0 aliphatic rings. The Kier molecular flexibility index (Phi) is 6.39. The van der Waals surface area contributed by atoms with Crippen LogP contribution in [0, 0.1) is 12.7 Å². The monoisotopic (exact) mass is 345 g/mol. The van der Waals surface area contributed by atoms with Crippen molar-refractivity contribution in [3.05, 3.63) is 58.9 Å². The largest absolute Gasteiger partial charge is 0.493 e. The van der Waals surface area contributed by atoms with Gasteiger partial charge in [0, 0.05) is 6.42 Å². The average molecular weight is 345 g/mol. The van der Waals surface area contributed by atoms with Gasteiger partial charge >= 0.3 is 0 Å². The molecule has 2 rings (SSSR count). The van der Waals surface area contributed by atoms with E-state index in [1.54, 1.807) is 32.4 Å². The second kappa shape index (κ2) is 8.51. The van der Waals surface area contributed by atoms with Gasteiger partial charge in [-0.05, 0) is 55.2 Å². The second-order valence-corrected chi connectivity index (χ2v) is 5.94. The molecule has 0 radical (unpaired) electrons. The molecule has 1 unspecified atom stereocenters. The van der Waals surface area contributed by atoms with Crippen LogP contribution in [0.3, 0.4) is 0 Å². The van der Waals surface area contributed by atoms with E-state index in [-0.39, 0.29) is 24.2 Å². The number of hydrogen-bond acceptors (Lipinski definition) is 3. The molecule has 0 saturated carbocycles. The molecule has 0 heterocycles. The standard InChI is InChI=1S/C20H24FNO3/c1-13-11-18(24-3)19(25-4)12-16(13)14(2)22-20(23)10-9-15-7-5-6-8-17(15)21/h5-8,11-12,14H,9-10H2,1-4H3,(H,22,23). The first-order valence-corrected chi connectivity index (χ1v) is 8.21. The van der Waals surface area contributed by atoms with Crippen molar-refractivity contribution in [2.45, 2.75) is 32.7 Å². The Morgan fingerprint density at radius 3 is 2.44 bits per heavy atom. The van der Waals surface area contributed by atoms with E-state index in [0.29, 0.717) is 23.5 Å². The molecule has 0 bridgehead atoms. The lowest BCUT2D eigenvalue weighted by Crippen LogP contribution is -2.27. The summed E-state index contributed by atoms with van der Waals surface area (Å²) in [6.07, 6.45) is 0.605. The van der Waals surface area contributed by atoms with Gasteiger partial charge in [-0.15, -0.1) is 0 Å². The lowest BCUT2D eigenvalue weighted by molar-refractivity contribution is -0.121. The molecule has 0 saturated heterocycles. The van der Waals surface area contributed by atoms with Crippen LogP contribution < -0.4 is 14.8 Å². The normalized spacial score (nSPS) is 11.7. The van der Waals surface area contributed by atoms with Crippen molar-refractivity contribution in [3.63, 3.8) is 0 Å². The zero-order valence-corrected chi connectivity index (χ0v) is 15.1. The molecule has 2 aromatic rings. The molecule has 25 heavy (non-hydrogen) atoms. The van der Waals surface area contributed by atoms with Crippen LogP contribution in [0.2, 0.25) is 0 Å². The van der Waals surface area contributed by atoms with Crippen LogP contribution in [-0.2, 0) is 11.2 Å². The summed E-state index contributed by atoms with van der Waals surface area (Å²) in [5.41, 5.74) is 2.50. The zero-order chi connectivity index (χ0) is 18.4. The van der Waals surface area contributed by atoms with Crippen molar-refractivity contribution in [1.82, 2.24) is 5.32 Å². The number of ether oxygens (including phenoxy) is 2. The molecule has 0 aromatic heterocycles. The number of rotatable bonds is 7. The van der Waals surface area contributed by atoms with Gasteiger partial charge in [-0.1, -0.05) is 18.2 Å². The van der Waals surface area contributed by atoms with E-state index < -0.39 is 0 Å². The van der Waals surface area contributed by atoms with Gasteiger partial charge in [-0.3, -0.25) is 4.79 Å². The quantitative estimate of drug-likeness (QED) is 0.826. The third kappa shape index (κ3) is 4.72. The fraction of sp³-hybridized carbons (Fsp3) is 0.350. The lowest BCUT2D eigenvalue weighted by Gasteiger charge is -2.19. The van der Waals surface area contributed by atoms with Gasteiger partial charge in [0.2, 0.25) is 5.91 Å². The van der Waals surface area contributed by atoms with Crippen LogP contribution in [0.1, 0.15) is 36.1 Å². The summed E-state index contributed by atoms with van der Waals surface area (Å²) in [5, 5.41) is 2.96. The molecule has 0 aliphatic carbocycles. The van der Waals surface area contributed by atoms with E-state index >= 15 is 0 Å². The van der Waals surface area contributed by atoms with Gasteiger partial charge in [-0.25, -0.2) is 4.39 Å². The maximum Gasteiger partial charge on any atom is 0.220 e. The van der Waals surface area contributed by atoms with Crippen LogP contribution in [0.15, 0.2) is 36.4 Å². The number of carbonyl (C=O) groups excluding carboxylic acids is 1. The highest BCUT2D eigenvalue weighted by Gasteiger charge is 2.16. The second-order valence-electron chi connectivity index (χ2n) is 5.94. The summed E-state index contributed by atoms with van der Waals surface area (Å²) in [6.45, 7) is 3.87. The van der Waals surface area contributed by atoms with Gasteiger partial charge in [0.1, 0.15) is 5.82 Å². The number of benzene rings is 2. The highest BCUT2D eigenvalue weighted by Crippen LogP contribution is 2.32. The summed E-state index contributed by atoms with van der Waals surface area (Å²) in [4.78, 5) is 12.2. The molecule has 1 atom stereocenters. The fourth-order valence-corrected chi connectivity index (χ4v) is 2.80. The molecule has 0 fully saturated rings. The highest BCUT2D eigenvalue weighted by molar-refractivity contribution is 5.76. The molecular formula is C20H24FNO3. The number of methoxy groups -OCH3 is 2. The third-order valence-corrected chi connectivity index (χ3v) is 4.20. The minimum Gasteiger partial charge on any atom is -0.493 e. The average Bonchev–Trinajstić information content (AvgIpc) is 2.60. The van der Waals surface area contributed by atoms with E-state index in [2.05, 4.69) is 5.32 Å². The molecule has 134 valence electrons. The van der Waals surface area contributed by atoms with Crippen LogP contribution in [0.5, 0.6) is 11.5 Å². The summed E-state index contributed by atoms with van der Waals surface area (Å²) in [5.74, 6) is 0.876. The van der Waals surface area contributed by atoms with Crippen LogP contribution in [-0.4, -0.2) is 20.1 Å². The minimum atomic E-state index is -0.279. The molecule has 4 nitrogen and oxygen atoms in total. The maximum absolute atomic E-state index is 13.6. The van der Waals surface area contributed by atoms with Crippen molar-refractivity contribution in [3.8, 4) is 11.5 Å². The van der Waals surface area contributed by atoms with Gasteiger partial charge in [-0.2, -0.15) is 0 Å². The molecule has 0 spiro atoms. The van der Waals surface area contributed by atoms with E-state index in [4.69, 9.17) is 9.47 Å². The van der Waals surface area contributed by atoms with E-state index in [0.717, 1.165) is 11.1 Å². The predicted octanol–water partition coefficient (Wildman–Crippen LogP) is 3.96. The van der Waals surface area contributed by atoms with E-state index in [1.165, 1.54) is 6.07 Å². The summed E-state index contributed by atoms with van der Waals surface area (Å²) in [7, 11) is 3.17. The van der Waals surface area contributed by atoms with E-state index in [9.17, 15) is 9.18 Å². The first kappa shape index (κ1) is 18.8. The number of hydrogen-bond donors (Lipinski definition) is 1. The molecule has 2 aromatic carbocycles. The fourth-order valence-electron chi connectivity index (χ4n) is 2.80. The number of nitrogens with one attached hydrogen (secondary N) is 1. The summed E-state index contributed by atoms with van der Waals surface area (Å²) in [6, 6.07) is 10.1. The van der Waals surface area contributed by atoms with Crippen LogP contribution in [0.25, 0.3) is 0 Å². The number of halogens is 1. The molecule has 5 heteroatoms. The van der Waals surface area contributed by atoms with E-state index in [1.807, 2.05) is 26.0 Å². The van der Waals surface area contributed by atoms with Gasteiger partial charge in [0.05, 0.1) is 20.3 Å².